The van der Waals surface area contributed by atoms with Gasteiger partial charge in [-0.15, -0.1) is 0 Å². The van der Waals surface area contributed by atoms with E-state index in [0.29, 0.717) is 17.5 Å². The van der Waals surface area contributed by atoms with Gasteiger partial charge in [-0.2, -0.15) is 0 Å². The van der Waals surface area contributed by atoms with Gasteiger partial charge in [0.2, 0.25) is 5.75 Å². The molecule has 0 aromatic heterocycles. The number of hydrogen-bond donors (Lipinski definition) is 2. The van der Waals surface area contributed by atoms with Crippen molar-refractivity contribution in [3.63, 3.8) is 0 Å². The molecule has 20 heavy (non-hydrogen) atoms. The Labute approximate surface area is 120 Å². The molecule has 0 amide bonds. The van der Waals surface area contributed by atoms with Crippen LogP contribution in [0.2, 0.25) is 0 Å². The first-order valence-corrected chi connectivity index (χ1v) is 7.38. The number of methoxy groups -OCH3 is 2. The lowest BCUT2D eigenvalue weighted by molar-refractivity contribution is 0.335. The Morgan fingerprint density at radius 1 is 1.15 bits per heavy atom. The molecule has 1 aromatic carbocycles. The number of hydrogen-bond acceptors (Lipinski definition) is 4. The molecule has 0 saturated heterocycles. The van der Waals surface area contributed by atoms with Gasteiger partial charge in [0.15, 0.2) is 11.5 Å². The van der Waals surface area contributed by atoms with E-state index < -0.39 is 0 Å². The molecule has 0 radical (unpaired) electrons. The normalized spacial score (nSPS) is 27.8. The summed E-state index contributed by atoms with van der Waals surface area (Å²) in [5.74, 6) is 2.81. The molecule has 3 atom stereocenters. The van der Waals surface area contributed by atoms with Crippen LogP contribution in [0.15, 0.2) is 12.1 Å². The second-order valence-electron chi connectivity index (χ2n) is 6.01. The van der Waals surface area contributed by atoms with Crippen molar-refractivity contribution in [2.75, 3.05) is 14.2 Å². The average Bonchev–Trinajstić information content (AvgIpc) is 3.08. The zero-order valence-corrected chi connectivity index (χ0v) is 12.2. The highest BCUT2D eigenvalue weighted by Gasteiger charge is 2.38. The number of rotatable bonds is 5. The van der Waals surface area contributed by atoms with Crippen molar-refractivity contribution in [1.82, 2.24) is 5.32 Å². The number of fused-ring (bicyclic) bond motifs is 2. The van der Waals surface area contributed by atoms with Crippen LogP contribution in [0.1, 0.15) is 31.2 Å². The van der Waals surface area contributed by atoms with Crippen molar-refractivity contribution in [1.29, 1.82) is 0 Å². The van der Waals surface area contributed by atoms with Gasteiger partial charge in [-0.3, -0.25) is 0 Å². The fraction of sp³-hybridized carbons (Fsp3) is 0.625. The lowest BCUT2D eigenvalue weighted by Gasteiger charge is -2.23. The highest BCUT2D eigenvalue weighted by molar-refractivity contribution is 5.52. The van der Waals surface area contributed by atoms with Crippen molar-refractivity contribution in [2.45, 2.75) is 38.3 Å². The number of ether oxygens (including phenoxy) is 2. The Balaban J connectivity index is 1.68. The zero-order valence-electron chi connectivity index (χ0n) is 12.2. The molecule has 1 aromatic rings. The molecule has 2 saturated carbocycles. The zero-order chi connectivity index (χ0) is 14.1. The van der Waals surface area contributed by atoms with E-state index in [-0.39, 0.29) is 5.75 Å². The Bertz CT molecular complexity index is 464. The first-order chi connectivity index (χ1) is 9.71. The fourth-order valence-electron chi connectivity index (χ4n) is 3.79. The molecule has 0 aliphatic heterocycles. The van der Waals surface area contributed by atoms with Gasteiger partial charge in [0.05, 0.1) is 14.2 Å². The van der Waals surface area contributed by atoms with Crippen LogP contribution in [0.5, 0.6) is 17.2 Å². The van der Waals surface area contributed by atoms with E-state index in [1.165, 1.54) is 25.7 Å². The van der Waals surface area contributed by atoms with Gasteiger partial charge in [0.25, 0.3) is 0 Å². The third-order valence-corrected chi connectivity index (χ3v) is 4.85. The maximum atomic E-state index is 9.91. The van der Waals surface area contributed by atoms with Crippen molar-refractivity contribution < 1.29 is 14.6 Å². The number of nitrogens with one attached hydrogen (secondary N) is 1. The van der Waals surface area contributed by atoms with Crippen LogP contribution in [0, 0.1) is 11.8 Å². The number of benzene rings is 1. The average molecular weight is 277 g/mol. The summed E-state index contributed by atoms with van der Waals surface area (Å²) in [7, 11) is 3.11. The second kappa shape index (κ2) is 5.52. The lowest BCUT2D eigenvalue weighted by Crippen LogP contribution is -2.33. The van der Waals surface area contributed by atoms with E-state index in [1.807, 2.05) is 12.1 Å². The first-order valence-electron chi connectivity index (χ1n) is 7.38. The van der Waals surface area contributed by atoms with Crippen LogP contribution in [-0.4, -0.2) is 25.4 Å². The lowest BCUT2D eigenvalue weighted by atomic mass is 9.95. The topological polar surface area (TPSA) is 50.7 Å². The summed E-state index contributed by atoms with van der Waals surface area (Å²) < 4.78 is 10.4. The van der Waals surface area contributed by atoms with E-state index in [4.69, 9.17) is 9.47 Å². The Hall–Kier alpha value is -1.42. The van der Waals surface area contributed by atoms with Crippen molar-refractivity contribution in [3.05, 3.63) is 17.7 Å². The number of aromatic hydroxyl groups is 1. The summed E-state index contributed by atoms with van der Waals surface area (Å²) in [6, 6.07) is 4.40. The highest BCUT2D eigenvalue weighted by atomic mass is 16.5. The van der Waals surface area contributed by atoms with Crippen LogP contribution in [0.25, 0.3) is 0 Å². The predicted molar refractivity (Wildman–Crippen MR) is 77.3 cm³/mol. The molecule has 4 nitrogen and oxygen atoms in total. The number of phenols is 1. The van der Waals surface area contributed by atoms with Crippen LogP contribution < -0.4 is 14.8 Å². The van der Waals surface area contributed by atoms with Gasteiger partial charge in [-0.1, -0.05) is 6.42 Å². The van der Waals surface area contributed by atoms with Crippen LogP contribution in [0.3, 0.4) is 0 Å². The van der Waals surface area contributed by atoms with Gasteiger partial charge in [0.1, 0.15) is 0 Å². The molecule has 2 bridgehead atoms. The Morgan fingerprint density at radius 3 is 2.35 bits per heavy atom. The largest absolute Gasteiger partial charge is 0.502 e. The fourth-order valence-corrected chi connectivity index (χ4v) is 3.79. The van der Waals surface area contributed by atoms with Gasteiger partial charge in [0, 0.05) is 12.6 Å². The monoisotopic (exact) mass is 277 g/mol. The summed E-state index contributed by atoms with van der Waals surface area (Å²) >= 11 is 0. The molecule has 0 heterocycles. The molecular weight excluding hydrogens is 254 g/mol. The standard InChI is InChI=1S/C16H23NO3/c1-19-14-7-11(8-15(20-2)16(14)18)9-17-13-6-10-3-4-12(13)5-10/h7-8,10,12-13,17-18H,3-6,9H2,1-2H3. The van der Waals surface area contributed by atoms with Gasteiger partial charge in [-0.25, -0.2) is 0 Å². The molecule has 0 spiro atoms. The Kier molecular flexibility index (Phi) is 3.74. The van der Waals surface area contributed by atoms with E-state index in [9.17, 15) is 5.11 Å². The van der Waals surface area contributed by atoms with Crippen LogP contribution in [-0.2, 0) is 6.54 Å². The maximum absolute atomic E-state index is 9.91. The Morgan fingerprint density at radius 2 is 1.85 bits per heavy atom. The predicted octanol–water partition coefficient (Wildman–Crippen LogP) is 2.69. The molecule has 3 rings (SSSR count). The molecule has 2 aliphatic rings. The molecule has 3 unspecified atom stereocenters. The van der Waals surface area contributed by atoms with Crippen molar-refractivity contribution >= 4 is 0 Å². The summed E-state index contributed by atoms with van der Waals surface area (Å²) in [6.07, 6.45) is 5.52. The third kappa shape index (κ3) is 2.44. The van der Waals surface area contributed by atoms with Crippen LogP contribution >= 0.6 is 0 Å². The molecular formula is C16H23NO3. The minimum atomic E-state index is 0.0682. The third-order valence-electron chi connectivity index (χ3n) is 4.85. The molecule has 4 heteroatoms. The van der Waals surface area contributed by atoms with E-state index in [1.54, 1.807) is 14.2 Å². The van der Waals surface area contributed by atoms with Gasteiger partial charge < -0.3 is 19.9 Å². The molecule has 2 aliphatic carbocycles. The summed E-state index contributed by atoms with van der Waals surface area (Å²) in [4.78, 5) is 0. The van der Waals surface area contributed by atoms with E-state index >= 15 is 0 Å². The van der Waals surface area contributed by atoms with Gasteiger partial charge >= 0.3 is 0 Å². The van der Waals surface area contributed by atoms with Crippen LogP contribution in [0.4, 0.5) is 0 Å². The van der Waals surface area contributed by atoms with Gasteiger partial charge in [-0.05, 0) is 48.8 Å². The molecule has 2 fully saturated rings. The summed E-state index contributed by atoms with van der Waals surface area (Å²) in [5, 5.41) is 13.6. The maximum Gasteiger partial charge on any atom is 0.200 e. The quantitative estimate of drug-likeness (QED) is 0.869. The molecule has 110 valence electrons. The molecule has 2 N–H and O–H groups in total. The number of phenolic OH excluding ortho intramolecular Hbond substituents is 1. The minimum Gasteiger partial charge on any atom is -0.502 e. The second-order valence-corrected chi connectivity index (χ2v) is 6.01. The summed E-state index contributed by atoms with van der Waals surface area (Å²) in [5.41, 5.74) is 1.08. The van der Waals surface area contributed by atoms with E-state index in [0.717, 1.165) is 23.9 Å². The minimum absolute atomic E-state index is 0.0682. The summed E-state index contributed by atoms with van der Waals surface area (Å²) in [6.45, 7) is 0.793. The van der Waals surface area contributed by atoms with E-state index in [2.05, 4.69) is 5.32 Å². The first kappa shape index (κ1) is 13.6. The highest BCUT2D eigenvalue weighted by Crippen LogP contribution is 2.44. The van der Waals surface area contributed by atoms with Crippen molar-refractivity contribution in [3.8, 4) is 17.2 Å². The van der Waals surface area contributed by atoms with Crippen molar-refractivity contribution in [2.24, 2.45) is 11.8 Å². The SMILES string of the molecule is COc1cc(CNC2CC3CCC2C3)cc(OC)c1O. The smallest absolute Gasteiger partial charge is 0.200 e.